The Bertz CT molecular complexity index is 962. The summed E-state index contributed by atoms with van der Waals surface area (Å²) in [6.45, 7) is 17.5. The van der Waals surface area contributed by atoms with Gasteiger partial charge >= 0.3 is 5.95 Å². The van der Waals surface area contributed by atoms with Crippen molar-refractivity contribution < 1.29 is 8.95 Å². The molecule has 2 heterocycles. The lowest BCUT2D eigenvalue weighted by Gasteiger charge is -2.35. The van der Waals surface area contributed by atoms with E-state index in [0.717, 1.165) is 27.9 Å². The minimum atomic E-state index is -2.07. The first-order valence-electron chi connectivity index (χ1n) is 9.45. The highest BCUT2D eigenvalue weighted by Gasteiger charge is 2.41. The van der Waals surface area contributed by atoms with Gasteiger partial charge in [0.05, 0.1) is 11.2 Å². The number of hydrogen-bond acceptors (Lipinski definition) is 4. The van der Waals surface area contributed by atoms with Gasteiger partial charge in [0.1, 0.15) is 11.3 Å². The summed E-state index contributed by atoms with van der Waals surface area (Å²) in [4.78, 5) is 4.88. The van der Waals surface area contributed by atoms with Gasteiger partial charge in [0.15, 0.2) is 0 Å². The largest absolute Gasteiger partial charge is 0.517 e. The fraction of sp³-hybridized carbons (Fsp3) is 0.455. The summed E-state index contributed by atoms with van der Waals surface area (Å²) < 4.78 is 12.3. The molecule has 2 aromatic heterocycles. The Hall–Kier alpha value is -2.14. The zero-order chi connectivity index (χ0) is 20.0. The molecule has 0 aliphatic carbocycles. The van der Waals surface area contributed by atoms with Gasteiger partial charge < -0.3 is 8.95 Å². The van der Waals surface area contributed by atoms with Gasteiger partial charge in [-0.05, 0) is 30.3 Å². The molecule has 0 saturated heterocycles. The lowest BCUT2D eigenvalue weighted by atomic mass is 9.88. The lowest BCUT2D eigenvalue weighted by Crippen LogP contribution is -2.43. The van der Waals surface area contributed by atoms with Crippen LogP contribution in [0.3, 0.4) is 0 Å². The third-order valence-electron chi connectivity index (χ3n) is 5.38. The number of nitrogens with zero attached hydrogens (tertiary/aromatic N) is 2. The van der Waals surface area contributed by atoms with E-state index < -0.39 is 8.32 Å². The van der Waals surface area contributed by atoms with Crippen LogP contribution >= 0.6 is 0 Å². The standard InChI is InChI=1S/C22H30N2O2Si/c1-21(2,3)19-18(17-14-13-15-11-9-10-12-16(15)23-17)20(25-24-19)26-27(7,8)22(4,5)6/h9-14H,1-8H3. The van der Waals surface area contributed by atoms with E-state index in [1.165, 1.54) is 0 Å². The molecule has 1 aromatic carbocycles. The van der Waals surface area contributed by atoms with E-state index in [1.807, 2.05) is 24.3 Å². The van der Waals surface area contributed by atoms with Crippen LogP contribution < -0.4 is 4.43 Å². The molecule has 0 radical (unpaired) electrons. The minimum Gasteiger partial charge on any atom is -0.517 e. The Kier molecular flexibility index (Phi) is 4.71. The molecule has 0 unspecified atom stereocenters. The molecule has 3 rings (SSSR count). The van der Waals surface area contributed by atoms with E-state index in [4.69, 9.17) is 13.9 Å². The van der Waals surface area contributed by atoms with Gasteiger partial charge in [0.2, 0.25) is 0 Å². The van der Waals surface area contributed by atoms with Crippen LogP contribution in [0.15, 0.2) is 40.9 Å². The number of aromatic nitrogens is 2. The molecule has 5 heteroatoms. The highest BCUT2D eigenvalue weighted by atomic mass is 28.4. The molecule has 0 fully saturated rings. The maximum absolute atomic E-state index is 6.51. The van der Waals surface area contributed by atoms with Crippen molar-refractivity contribution in [3.63, 3.8) is 0 Å². The SMILES string of the molecule is CC(C)(C)c1noc(O[Si](C)(C)C(C)(C)C)c1-c1ccc2ccccc2n1. The topological polar surface area (TPSA) is 48.2 Å². The summed E-state index contributed by atoms with van der Waals surface area (Å²) in [6.07, 6.45) is 0. The van der Waals surface area contributed by atoms with Crippen molar-refractivity contribution in [3.05, 3.63) is 42.1 Å². The normalized spacial score (nSPS) is 13.2. The van der Waals surface area contributed by atoms with Gasteiger partial charge in [-0.25, -0.2) is 4.98 Å². The van der Waals surface area contributed by atoms with E-state index in [2.05, 4.69) is 71.9 Å². The minimum absolute atomic E-state index is 0.0652. The zero-order valence-electron chi connectivity index (χ0n) is 17.7. The van der Waals surface area contributed by atoms with Crippen LogP contribution in [-0.4, -0.2) is 18.5 Å². The molecule has 0 N–H and O–H groups in total. The van der Waals surface area contributed by atoms with E-state index in [9.17, 15) is 0 Å². The quantitative estimate of drug-likeness (QED) is 0.481. The molecule has 144 valence electrons. The average Bonchev–Trinajstić information content (AvgIpc) is 2.96. The predicted octanol–water partition coefficient (Wildman–Crippen LogP) is 6.57. The maximum Gasteiger partial charge on any atom is 0.307 e. The Morgan fingerprint density at radius 1 is 0.926 bits per heavy atom. The third kappa shape index (κ3) is 3.79. The van der Waals surface area contributed by atoms with Crippen molar-refractivity contribution in [3.8, 4) is 17.2 Å². The van der Waals surface area contributed by atoms with Crippen molar-refractivity contribution in [1.29, 1.82) is 0 Å². The van der Waals surface area contributed by atoms with Gasteiger partial charge in [-0.1, -0.05) is 71.0 Å². The molecule has 0 saturated carbocycles. The zero-order valence-corrected chi connectivity index (χ0v) is 18.7. The van der Waals surface area contributed by atoms with Crippen molar-refractivity contribution in [1.82, 2.24) is 10.1 Å². The summed E-state index contributed by atoms with van der Waals surface area (Å²) in [5, 5.41) is 5.57. The molecule has 0 amide bonds. The van der Waals surface area contributed by atoms with Gasteiger partial charge in [-0.15, -0.1) is 0 Å². The van der Waals surface area contributed by atoms with Gasteiger partial charge in [0, 0.05) is 10.8 Å². The predicted molar refractivity (Wildman–Crippen MR) is 114 cm³/mol. The maximum atomic E-state index is 6.51. The van der Waals surface area contributed by atoms with Crippen molar-refractivity contribution in [2.75, 3.05) is 0 Å². The van der Waals surface area contributed by atoms with Crippen molar-refractivity contribution in [2.24, 2.45) is 0 Å². The smallest absolute Gasteiger partial charge is 0.307 e. The summed E-state index contributed by atoms with van der Waals surface area (Å²) in [5.41, 5.74) is 3.36. The first kappa shape index (κ1) is 19.6. The number of pyridine rings is 1. The lowest BCUT2D eigenvalue weighted by molar-refractivity contribution is 0.300. The molecular formula is C22H30N2O2Si. The van der Waals surface area contributed by atoms with E-state index in [1.54, 1.807) is 0 Å². The Labute approximate surface area is 163 Å². The fourth-order valence-corrected chi connectivity index (χ4v) is 3.58. The monoisotopic (exact) mass is 382 g/mol. The van der Waals surface area contributed by atoms with Crippen LogP contribution in [0.5, 0.6) is 5.95 Å². The van der Waals surface area contributed by atoms with Crippen LogP contribution in [0.25, 0.3) is 22.2 Å². The molecule has 0 atom stereocenters. The van der Waals surface area contributed by atoms with Gasteiger partial charge in [0.25, 0.3) is 8.32 Å². The van der Waals surface area contributed by atoms with Crippen molar-refractivity contribution in [2.45, 2.75) is 65.1 Å². The Morgan fingerprint density at radius 2 is 1.59 bits per heavy atom. The number of rotatable bonds is 3. The van der Waals surface area contributed by atoms with Crippen LogP contribution in [0.2, 0.25) is 18.1 Å². The Balaban J connectivity index is 2.18. The number of benzene rings is 1. The highest BCUT2D eigenvalue weighted by molar-refractivity contribution is 6.74. The second-order valence-corrected chi connectivity index (χ2v) is 14.4. The van der Waals surface area contributed by atoms with Crippen LogP contribution in [-0.2, 0) is 5.41 Å². The molecule has 0 aliphatic rings. The number of fused-ring (bicyclic) bond motifs is 1. The third-order valence-corrected chi connectivity index (χ3v) is 9.69. The summed E-state index contributed by atoms with van der Waals surface area (Å²) in [5.74, 6) is 0.495. The van der Waals surface area contributed by atoms with Gasteiger partial charge in [-0.2, -0.15) is 0 Å². The second-order valence-electron chi connectivity index (χ2n) is 9.70. The van der Waals surface area contributed by atoms with E-state index >= 15 is 0 Å². The average molecular weight is 383 g/mol. The molecule has 0 bridgehead atoms. The fourth-order valence-electron chi connectivity index (χ4n) is 2.67. The molecule has 4 nitrogen and oxygen atoms in total. The molecule has 27 heavy (non-hydrogen) atoms. The van der Waals surface area contributed by atoms with E-state index in [0.29, 0.717) is 5.95 Å². The number of para-hydroxylation sites is 1. The summed E-state index contributed by atoms with van der Waals surface area (Å²) >= 11 is 0. The highest BCUT2D eigenvalue weighted by Crippen LogP contribution is 2.43. The molecule has 0 spiro atoms. The molecule has 0 aliphatic heterocycles. The molecule has 3 aromatic rings. The number of hydrogen-bond donors (Lipinski definition) is 0. The van der Waals surface area contributed by atoms with Crippen LogP contribution in [0, 0.1) is 0 Å². The molecular weight excluding hydrogens is 352 g/mol. The first-order chi connectivity index (χ1) is 12.4. The summed E-state index contributed by atoms with van der Waals surface area (Å²) in [7, 11) is -2.07. The van der Waals surface area contributed by atoms with Crippen molar-refractivity contribution >= 4 is 19.2 Å². The Morgan fingerprint density at radius 3 is 2.22 bits per heavy atom. The summed E-state index contributed by atoms with van der Waals surface area (Å²) in [6, 6.07) is 12.2. The second kappa shape index (κ2) is 6.48. The van der Waals surface area contributed by atoms with Crippen LogP contribution in [0.4, 0.5) is 0 Å². The van der Waals surface area contributed by atoms with Crippen LogP contribution in [0.1, 0.15) is 47.2 Å². The van der Waals surface area contributed by atoms with E-state index in [-0.39, 0.29) is 10.5 Å². The van der Waals surface area contributed by atoms with Gasteiger partial charge in [-0.3, -0.25) is 0 Å². The first-order valence-corrected chi connectivity index (χ1v) is 12.4.